The first kappa shape index (κ1) is 20.3. The summed E-state index contributed by atoms with van der Waals surface area (Å²) in [5.74, 6) is -1.47. The third-order valence-electron chi connectivity index (χ3n) is 5.09. The molecule has 2 aromatic carbocycles. The van der Waals surface area contributed by atoms with Crippen molar-refractivity contribution in [3.05, 3.63) is 70.5 Å². The van der Waals surface area contributed by atoms with Crippen LogP contribution in [-0.2, 0) is 6.54 Å². The Morgan fingerprint density at radius 2 is 1.73 bits per heavy atom. The predicted octanol–water partition coefficient (Wildman–Crippen LogP) is 4.71. The van der Waals surface area contributed by atoms with Crippen LogP contribution in [0.15, 0.2) is 42.5 Å². The van der Waals surface area contributed by atoms with Crippen molar-refractivity contribution >= 4 is 17.4 Å². The zero-order valence-electron chi connectivity index (χ0n) is 15.9. The molecule has 2 amide bonds. The first-order valence-electron chi connectivity index (χ1n) is 9.55. The number of rotatable bonds is 4. The summed E-state index contributed by atoms with van der Waals surface area (Å²) in [5.41, 5.74) is 1.06. The van der Waals surface area contributed by atoms with Crippen molar-refractivity contribution < 1.29 is 18.0 Å². The molecule has 1 aliphatic rings. The first-order valence-corrected chi connectivity index (χ1v) is 10.4. The molecule has 0 bridgehead atoms. The molecular formula is C21H19F3N4OS. The first-order chi connectivity index (χ1) is 14.5. The average Bonchev–Trinajstić information content (AvgIpc) is 3.23. The number of likely N-dealkylation sites (tertiary alicyclic amines) is 1. The molecule has 9 heteroatoms. The zero-order valence-corrected chi connectivity index (χ0v) is 16.8. The summed E-state index contributed by atoms with van der Waals surface area (Å²) in [5, 5.41) is 12.3. The van der Waals surface area contributed by atoms with Crippen molar-refractivity contribution in [3.63, 3.8) is 0 Å². The minimum Gasteiger partial charge on any atom is -0.334 e. The van der Waals surface area contributed by atoms with Gasteiger partial charge in [0, 0.05) is 37.2 Å². The van der Waals surface area contributed by atoms with Gasteiger partial charge in [-0.15, -0.1) is 10.2 Å². The van der Waals surface area contributed by atoms with E-state index >= 15 is 0 Å². The van der Waals surface area contributed by atoms with Crippen molar-refractivity contribution in [3.8, 4) is 10.6 Å². The van der Waals surface area contributed by atoms with Crippen molar-refractivity contribution in [2.45, 2.75) is 25.3 Å². The zero-order chi connectivity index (χ0) is 21.1. The summed E-state index contributed by atoms with van der Waals surface area (Å²) >= 11 is 1.30. The lowest BCUT2D eigenvalue weighted by Crippen LogP contribution is -2.43. The molecule has 0 saturated carbocycles. The van der Waals surface area contributed by atoms with E-state index in [1.54, 1.807) is 17.0 Å². The van der Waals surface area contributed by atoms with Gasteiger partial charge >= 0.3 is 6.03 Å². The number of nitrogens with one attached hydrogen (secondary N) is 1. The number of amides is 2. The molecule has 1 fully saturated rings. The second-order valence-corrected chi connectivity index (χ2v) is 8.13. The Balaban J connectivity index is 1.31. The molecule has 1 saturated heterocycles. The molecule has 1 aliphatic heterocycles. The largest absolute Gasteiger partial charge is 0.334 e. The van der Waals surface area contributed by atoms with Crippen LogP contribution in [0.5, 0.6) is 0 Å². The molecule has 2 heterocycles. The molecule has 4 rings (SSSR count). The fraction of sp³-hybridized carbons (Fsp3) is 0.286. The van der Waals surface area contributed by atoms with E-state index in [9.17, 15) is 18.0 Å². The molecular weight excluding hydrogens is 413 g/mol. The standard InChI is InChI=1S/C21H19F3N4OS/c22-15-3-1-13(2-4-15)12-25-21(29)28-9-7-14(8-10-28)19-26-27-20(30-19)17-6-5-16(23)11-18(17)24/h1-6,11,14H,7-10,12H2,(H,25,29). The van der Waals surface area contributed by atoms with E-state index in [0.29, 0.717) is 24.6 Å². The fourth-order valence-corrected chi connectivity index (χ4v) is 4.43. The third-order valence-corrected chi connectivity index (χ3v) is 6.21. The monoisotopic (exact) mass is 432 g/mol. The third kappa shape index (κ3) is 4.62. The number of carbonyl (C=O) groups is 1. The average molecular weight is 432 g/mol. The lowest BCUT2D eigenvalue weighted by atomic mass is 9.98. The predicted molar refractivity (Wildman–Crippen MR) is 107 cm³/mol. The van der Waals surface area contributed by atoms with Gasteiger partial charge in [-0.25, -0.2) is 18.0 Å². The molecule has 1 aromatic heterocycles. The van der Waals surface area contributed by atoms with Gasteiger partial charge in [-0.3, -0.25) is 0 Å². The number of piperidine rings is 1. The smallest absolute Gasteiger partial charge is 0.317 e. The van der Waals surface area contributed by atoms with Gasteiger partial charge in [-0.05, 0) is 42.7 Å². The van der Waals surface area contributed by atoms with Crippen LogP contribution < -0.4 is 5.32 Å². The van der Waals surface area contributed by atoms with Crippen LogP contribution in [0.4, 0.5) is 18.0 Å². The Labute approximate surface area is 175 Å². The quantitative estimate of drug-likeness (QED) is 0.650. The van der Waals surface area contributed by atoms with E-state index in [1.165, 1.54) is 35.6 Å². The highest BCUT2D eigenvalue weighted by molar-refractivity contribution is 7.14. The lowest BCUT2D eigenvalue weighted by molar-refractivity contribution is 0.181. The summed E-state index contributed by atoms with van der Waals surface area (Å²) < 4.78 is 40.0. The number of halogens is 3. The van der Waals surface area contributed by atoms with Crippen molar-refractivity contribution in [2.75, 3.05) is 13.1 Å². The van der Waals surface area contributed by atoms with E-state index < -0.39 is 11.6 Å². The van der Waals surface area contributed by atoms with Crippen LogP contribution in [0.2, 0.25) is 0 Å². The number of hydrogen-bond donors (Lipinski definition) is 1. The van der Waals surface area contributed by atoms with Gasteiger partial charge in [0.25, 0.3) is 0 Å². The Bertz CT molecular complexity index is 1030. The fourth-order valence-electron chi connectivity index (χ4n) is 3.39. The highest BCUT2D eigenvalue weighted by atomic mass is 32.1. The summed E-state index contributed by atoms with van der Waals surface area (Å²) in [4.78, 5) is 14.1. The Hall–Kier alpha value is -2.94. The molecule has 30 heavy (non-hydrogen) atoms. The minimum absolute atomic E-state index is 0.140. The van der Waals surface area contributed by atoms with Crippen LogP contribution in [0.1, 0.15) is 29.3 Å². The molecule has 0 spiro atoms. The maximum absolute atomic E-state index is 14.0. The van der Waals surface area contributed by atoms with Crippen molar-refractivity contribution in [1.82, 2.24) is 20.4 Å². The molecule has 0 aliphatic carbocycles. The van der Waals surface area contributed by atoms with E-state index in [4.69, 9.17) is 0 Å². The normalized spacial score (nSPS) is 14.7. The van der Waals surface area contributed by atoms with Crippen LogP contribution >= 0.6 is 11.3 Å². The van der Waals surface area contributed by atoms with Gasteiger partial charge in [0.1, 0.15) is 22.5 Å². The Morgan fingerprint density at radius 1 is 1.03 bits per heavy atom. The van der Waals surface area contributed by atoms with Gasteiger partial charge in [0.05, 0.1) is 0 Å². The number of urea groups is 1. The summed E-state index contributed by atoms with van der Waals surface area (Å²) in [7, 11) is 0. The van der Waals surface area contributed by atoms with Crippen LogP contribution in [0.25, 0.3) is 10.6 Å². The van der Waals surface area contributed by atoms with Crippen molar-refractivity contribution in [1.29, 1.82) is 0 Å². The highest BCUT2D eigenvalue weighted by Gasteiger charge is 2.26. The maximum atomic E-state index is 14.0. The van der Waals surface area contributed by atoms with Gasteiger partial charge in [-0.2, -0.15) is 0 Å². The Morgan fingerprint density at radius 3 is 2.43 bits per heavy atom. The number of benzene rings is 2. The molecule has 5 nitrogen and oxygen atoms in total. The molecule has 0 atom stereocenters. The molecule has 1 N–H and O–H groups in total. The van der Waals surface area contributed by atoms with Crippen LogP contribution in [0.3, 0.4) is 0 Å². The highest BCUT2D eigenvalue weighted by Crippen LogP contribution is 2.34. The summed E-state index contributed by atoms with van der Waals surface area (Å²) in [6.45, 7) is 1.47. The lowest BCUT2D eigenvalue weighted by Gasteiger charge is -2.31. The summed E-state index contributed by atoms with van der Waals surface area (Å²) in [6, 6.07) is 9.23. The second kappa shape index (κ2) is 8.83. The van der Waals surface area contributed by atoms with E-state index in [1.807, 2.05) is 0 Å². The summed E-state index contributed by atoms with van der Waals surface area (Å²) in [6.07, 6.45) is 1.45. The minimum atomic E-state index is -0.662. The maximum Gasteiger partial charge on any atom is 0.317 e. The molecule has 0 radical (unpaired) electrons. The molecule has 0 unspecified atom stereocenters. The topological polar surface area (TPSA) is 58.1 Å². The molecule has 3 aromatic rings. The number of hydrogen-bond acceptors (Lipinski definition) is 4. The van der Waals surface area contributed by atoms with E-state index in [2.05, 4.69) is 15.5 Å². The van der Waals surface area contributed by atoms with E-state index in [-0.39, 0.29) is 23.3 Å². The number of carbonyl (C=O) groups excluding carboxylic acids is 1. The van der Waals surface area contributed by atoms with E-state index in [0.717, 1.165) is 29.5 Å². The van der Waals surface area contributed by atoms with Crippen LogP contribution in [0, 0.1) is 17.5 Å². The number of aromatic nitrogens is 2. The molecule has 156 valence electrons. The number of nitrogens with zero attached hydrogens (tertiary/aromatic N) is 3. The Kier molecular flexibility index (Phi) is 5.98. The second-order valence-electron chi connectivity index (χ2n) is 7.12. The van der Waals surface area contributed by atoms with Gasteiger partial charge in [0.2, 0.25) is 0 Å². The van der Waals surface area contributed by atoms with Gasteiger partial charge in [0.15, 0.2) is 5.01 Å². The SMILES string of the molecule is O=C(NCc1ccc(F)cc1)N1CCC(c2nnc(-c3ccc(F)cc3F)s2)CC1. The van der Waals surface area contributed by atoms with Gasteiger partial charge in [-0.1, -0.05) is 23.5 Å². The van der Waals surface area contributed by atoms with Crippen molar-refractivity contribution in [2.24, 2.45) is 0 Å². The van der Waals surface area contributed by atoms with Crippen LogP contribution in [-0.4, -0.2) is 34.2 Å². The van der Waals surface area contributed by atoms with Gasteiger partial charge < -0.3 is 10.2 Å².